The van der Waals surface area contributed by atoms with Gasteiger partial charge in [-0.1, -0.05) is 18.2 Å². The highest BCUT2D eigenvalue weighted by molar-refractivity contribution is 14.0. The smallest absolute Gasteiger partial charge is 0.194 e. The van der Waals surface area contributed by atoms with Crippen molar-refractivity contribution >= 4 is 29.9 Å². The molecule has 1 aromatic carbocycles. The summed E-state index contributed by atoms with van der Waals surface area (Å²) in [7, 11) is 0. The minimum Gasteiger partial charge on any atom is -0.492 e. The third-order valence-corrected chi connectivity index (χ3v) is 3.84. The Morgan fingerprint density at radius 2 is 1.92 bits per heavy atom. The summed E-state index contributed by atoms with van der Waals surface area (Å²) in [6, 6.07) is 9.87. The lowest BCUT2D eigenvalue weighted by atomic mass is 10.1. The van der Waals surface area contributed by atoms with E-state index in [-0.39, 0.29) is 24.0 Å². The largest absolute Gasteiger partial charge is 0.492 e. The summed E-state index contributed by atoms with van der Waals surface area (Å²) < 4.78 is 11.4. The minimum atomic E-state index is 0. The molecule has 1 heterocycles. The zero-order valence-corrected chi connectivity index (χ0v) is 17.1. The Kier molecular flexibility index (Phi) is 10.8. The summed E-state index contributed by atoms with van der Waals surface area (Å²) >= 11 is 0. The molecule has 0 saturated carbocycles. The van der Waals surface area contributed by atoms with E-state index in [0.717, 1.165) is 50.8 Å². The van der Waals surface area contributed by atoms with E-state index in [0.29, 0.717) is 19.3 Å². The molecule has 0 unspecified atom stereocenters. The molecule has 0 aliphatic carbocycles. The Labute approximate surface area is 162 Å². The maximum atomic E-state index is 5.71. The maximum Gasteiger partial charge on any atom is 0.194 e. The van der Waals surface area contributed by atoms with Gasteiger partial charge >= 0.3 is 0 Å². The molecular formula is C18H30IN3O2. The number of halogens is 1. The highest BCUT2D eigenvalue weighted by Crippen LogP contribution is 2.13. The molecule has 0 spiro atoms. The van der Waals surface area contributed by atoms with E-state index in [2.05, 4.69) is 29.1 Å². The summed E-state index contributed by atoms with van der Waals surface area (Å²) in [5.41, 5.74) is 0. The van der Waals surface area contributed by atoms with Crippen molar-refractivity contribution in [2.75, 3.05) is 39.4 Å². The van der Waals surface area contributed by atoms with Crippen LogP contribution in [-0.4, -0.2) is 56.4 Å². The van der Waals surface area contributed by atoms with Crippen molar-refractivity contribution in [1.82, 2.24) is 10.2 Å². The van der Waals surface area contributed by atoms with Crippen LogP contribution in [0.2, 0.25) is 0 Å². The first-order valence-electron chi connectivity index (χ1n) is 8.66. The molecule has 0 bridgehead atoms. The van der Waals surface area contributed by atoms with Crippen molar-refractivity contribution in [3.8, 4) is 5.75 Å². The van der Waals surface area contributed by atoms with Crippen LogP contribution in [0.4, 0.5) is 0 Å². The fourth-order valence-electron chi connectivity index (χ4n) is 2.73. The number of benzene rings is 1. The van der Waals surface area contributed by atoms with E-state index in [1.807, 2.05) is 30.3 Å². The van der Waals surface area contributed by atoms with Crippen LogP contribution in [-0.2, 0) is 4.74 Å². The van der Waals surface area contributed by atoms with E-state index in [1.54, 1.807) is 0 Å². The van der Waals surface area contributed by atoms with Gasteiger partial charge in [0.05, 0.1) is 12.6 Å². The van der Waals surface area contributed by atoms with Crippen LogP contribution in [0.5, 0.6) is 5.75 Å². The van der Waals surface area contributed by atoms with Crippen LogP contribution >= 0.6 is 24.0 Å². The predicted octanol–water partition coefficient (Wildman–Crippen LogP) is 3.15. The highest BCUT2D eigenvalue weighted by Gasteiger charge is 2.21. The number of nitrogens with zero attached hydrogens (tertiary/aromatic N) is 2. The van der Waals surface area contributed by atoms with Crippen LogP contribution < -0.4 is 10.1 Å². The number of para-hydroxylation sites is 1. The standard InChI is InChI=1S/C18H29N3O2.HI/c1-3-19-18(21-13-10-17(11-14-21)22-4-2)20-12-15-23-16-8-6-5-7-9-16;/h5-9,17H,3-4,10-15H2,1-2H3,(H,19,20);1H. The van der Waals surface area contributed by atoms with Gasteiger partial charge in [0.1, 0.15) is 12.4 Å². The summed E-state index contributed by atoms with van der Waals surface area (Å²) in [6.07, 6.45) is 2.54. The topological polar surface area (TPSA) is 46.1 Å². The average molecular weight is 447 g/mol. The van der Waals surface area contributed by atoms with Crippen molar-refractivity contribution in [2.45, 2.75) is 32.8 Å². The molecule has 136 valence electrons. The first-order chi connectivity index (χ1) is 11.3. The quantitative estimate of drug-likeness (QED) is 0.302. The first-order valence-corrected chi connectivity index (χ1v) is 8.66. The molecule has 1 aromatic rings. The molecule has 0 aromatic heterocycles. The van der Waals surface area contributed by atoms with Crippen molar-refractivity contribution in [1.29, 1.82) is 0 Å². The van der Waals surface area contributed by atoms with Gasteiger partial charge in [0.25, 0.3) is 0 Å². The van der Waals surface area contributed by atoms with Gasteiger partial charge in [0, 0.05) is 26.2 Å². The van der Waals surface area contributed by atoms with Crippen LogP contribution in [0.25, 0.3) is 0 Å². The number of guanidine groups is 1. The van der Waals surface area contributed by atoms with Crippen LogP contribution in [0.3, 0.4) is 0 Å². The zero-order chi connectivity index (χ0) is 16.3. The van der Waals surface area contributed by atoms with Gasteiger partial charge in [-0.3, -0.25) is 0 Å². The molecule has 24 heavy (non-hydrogen) atoms. The van der Waals surface area contributed by atoms with E-state index >= 15 is 0 Å². The molecule has 5 nitrogen and oxygen atoms in total. The second-order valence-electron chi connectivity index (χ2n) is 5.54. The fraction of sp³-hybridized carbons (Fsp3) is 0.611. The zero-order valence-electron chi connectivity index (χ0n) is 14.7. The molecule has 0 atom stereocenters. The molecule has 0 radical (unpaired) electrons. The number of piperidine rings is 1. The monoisotopic (exact) mass is 447 g/mol. The second kappa shape index (κ2) is 12.4. The SMILES string of the molecule is CCNC(=NCCOc1ccccc1)N1CCC(OCC)CC1.I. The molecule has 1 aliphatic rings. The summed E-state index contributed by atoms with van der Waals surface area (Å²) in [6.45, 7) is 9.08. The number of aliphatic imine (C=N–C) groups is 1. The molecular weight excluding hydrogens is 417 g/mol. The summed E-state index contributed by atoms with van der Waals surface area (Å²) in [4.78, 5) is 7.01. The van der Waals surface area contributed by atoms with Gasteiger partial charge in [0.15, 0.2) is 5.96 Å². The van der Waals surface area contributed by atoms with Crippen molar-refractivity contribution < 1.29 is 9.47 Å². The molecule has 1 saturated heterocycles. The fourth-order valence-corrected chi connectivity index (χ4v) is 2.73. The number of likely N-dealkylation sites (tertiary alicyclic amines) is 1. The van der Waals surface area contributed by atoms with E-state index in [1.165, 1.54) is 0 Å². The molecule has 1 aliphatic heterocycles. The Hall–Kier alpha value is -1.02. The van der Waals surface area contributed by atoms with Crippen molar-refractivity contribution in [2.24, 2.45) is 4.99 Å². The van der Waals surface area contributed by atoms with Crippen LogP contribution in [0, 0.1) is 0 Å². The third kappa shape index (κ3) is 7.25. The number of hydrogen-bond donors (Lipinski definition) is 1. The Morgan fingerprint density at radius 1 is 1.21 bits per heavy atom. The lowest BCUT2D eigenvalue weighted by Gasteiger charge is -2.34. The first kappa shape index (κ1) is 21.0. The number of ether oxygens (including phenoxy) is 2. The number of rotatable bonds is 7. The number of nitrogens with one attached hydrogen (secondary N) is 1. The predicted molar refractivity (Wildman–Crippen MR) is 110 cm³/mol. The Bertz CT molecular complexity index is 463. The van der Waals surface area contributed by atoms with Gasteiger partial charge in [0.2, 0.25) is 0 Å². The van der Waals surface area contributed by atoms with Gasteiger partial charge in [-0.25, -0.2) is 4.99 Å². The minimum absolute atomic E-state index is 0. The molecule has 0 amide bonds. The van der Waals surface area contributed by atoms with Crippen molar-refractivity contribution in [3.05, 3.63) is 30.3 Å². The Balaban J connectivity index is 0.00000288. The molecule has 1 fully saturated rings. The lowest BCUT2D eigenvalue weighted by molar-refractivity contribution is 0.0263. The van der Waals surface area contributed by atoms with E-state index < -0.39 is 0 Å². The van der Waals surface area contributed by atoms with Gasteiger partial charge < -0.3 is 19.7 Å². The Morgan fingerprint density at radius 3 is 2.54 bits per heavy atom. The van der Waals surface area contributed by atoms with Gasteiger partial charge in [-0.15, -0.1) is 24.0 Å². The summed E-state index contributed by atoms with van der Waals surface area (Å²) in [5, 5.41) is 3.38. The normalized spacial score (nSPS) is 15.8. The summed E-state index contributed by atoms with van der Waals surface area (Å²) in [5.74, 6) is 1.88. The lowest BCUT2D eigenvalue weighted by Crippen LogP contribution is -2.47. The van der Waals surface area contributed by atoms with E-state index in [4.69, 9.17) is 9.47 Å². The van der Waals surface area contributed by atoms with Gasteiger partial charge in [-0.2, -0.15) is 0 Å². The van der Waals surface area contributed by atoms with Crippen LogP contribution in [0.15, 0.2) is 35.3 Å². The molecule has 2 rings (SSSR count). The third-order valence-electron chi connectivity index (χ3n) is 3.84. The second-order valence-corrected chi connectivity index (χ2v) is 5.54. The van der Waals surface area contributed by atoms with Crippen molar-refractivity contribution in [3.63, 3.8) is 0 Å². The maximum absolute atomic E-state index is 5.71. The van der Waals surface area contributed by atoms with Crippen LogP contribution in [0.1, 0.15) is 26.7 Å². The molecule has 6 heteroatoms. The molecule has 1 N–H and O–H groups in total. The van der Waals surface area contributed by atoms with Gasteiger partial charge in [-0.05, 0) is 38.8 Å². The number of hydrogen-bond acceptors (Lipinski definition) is 3. The average Bonchev–Trinajstić information content (AvgIpc) is 2.60. The highest BCUT2D eigenvalue weighted by atomic mass is 127. The van der Waals surface area contributed by atoms with E-state index in [9.17, 15) is 0 Å².